The number of nitrogens with zero attached hydrogens (tertiary/aromatic N) is 4. The molecule has 0 N–H and O–H groups in total. The van der Waals surface area contributed by atoms with Gasteiger partial charge >= 0.3 is 6.18 Å². The van der Waals surface area contributed by atoms with Gasteiger partial charge in [0.05, 0.1) is 18.9 Å². The number of ether oxygens (including phenoxy) is 2. The molecule has 0 bridgehead atoms. The molecule has 0 unspecified atom stereocenters. The smallest absolute Gasteiger partial charge is 0.416 e. The van der Waals surface area contributed by atoms with Crippen LogP contribution in [0.25, 0.3) is 0 Å². The van der Waals surface area contributed by atoms with Crippen LogP contribution in [0.1, 0.15) is 28.3 Å². The van der Waals surface area contributed by atoms with Crippen molar-refractivity contribution in [3.8, 4) is 11.5 Å². The molecule has 0 spiro atoms. The van der Waals surface area contributed by atoms with E-state index >= 15 is 0 Å². The Kier molecular flexibility index (Phi) is 5.86. The second-order valence-corrected chi connectivity index (χ2v) is 6.24. The molecular formula is C20H19F3N4O2. The molecule has 9 heteroatoms. The number of rotatable bonds is 6. The highest BCUT2D eigenvalue weighted by molar-refractivity contribution is 5.80. The van der Waals surface area contributed by atoms with Crippen molar-refractivity contribution in [1.82, 2.24) is 14.9 Å². The lowest BCUT2D eigenvalue weighted by atomic mass is 10.1. The van der Waals surface area contributed by atoms with Crippen LogP contribution in [0.15, 0.2) is 47.6 Å². The number of aryl methyl sites for hydroxylation is 2. The summed E-state index contributed by atoms with van der Waals surface area (Å²) in [6.45, 7) is 3.62. The van der Waals surface area contributed by atoms with E-state index in [2.05, 4.69) is 15.3 Å². The van der Waals surface area contributed by atoms with E-state index in [1.54, 1.807) is 36.9 Å². The van der Waals surface area contributed by atoms with Gasteiger partial charge in [-0.3, -0.25) is 0 Å². The van der Waals surface area contributed by atoms with Crippen molar-refractivity contribution in [1.29, 1.82) is 0 Å². The maximum Gasteiger partial charge on any atom is 0.416 e. The van der Waals surface area contributed by atoms with Gasteiger partial charge in [-0.1, -0.05) is 6.07 Å². The first-order valence-corrected chi connectivity index (χ1v) is 8.68. The zero-order chi connectivity index (χ0) is 21.0. The van der Waals surface area contributed by atoms with E-state index in [9.17, 15) is 13.2 Å². The number of aromatic nitrogens is 3. The van der Waals surface area contributed by atoms with Gasteiger partial charge in [-0.15, -0.1) is 10.2 Å². The molecule has 1 aromatic heterocycles. The normalized spacial score (nSPS) is 11.8. The minimum Gasteiger partial charge on any atom is -0.496 e. The molecule has 2 aromatic carbocycles. The number of benzene rings is 2. The molecule has 29 heavy (non-hydrogen) atoms. The van der Waals surface area contributed by atoms with Crippen LogP contribution < -0.4 is 9.47 Å². The van der Waals surface area contributed by atoms with Gasteiger partial charge in [0.1, 0.15) is 18.1 Å². The van der Waals surface area contributed by atoms with E-state index in [1.165, 1.54) is 19.2 Å². The van der Waals surface area contributed by atoms with E-state index in [1.807, 2.05) is 6.07 Å². The second-order valence-electron chi connectivity index (χ2n) is 6.24. The highest BCUT2D eigenvalue weighted by Crippen LogP contribution is 2.31. The Morgan fingerprint density at radius 2 is 1.79 bits per heavy atom. The highest BCUT2D eigenvalue weighted by Gasteiger charge is 2.30. The number of halogens is 3. The van der Waals surface area contributed by atoms with Gasteiger partial charge in [0.2, 0.25) is 0 Å². The molecule has 0 aliphatic carbocycles. The van der Waals surface area contributed by atoms with Gasteiger partial charge in [0.15, 0.2) is 11.6 Å². The Labute approximate surface area is 165 Å². The molecule has 3 rings (SSSR count). The van der Waals surface area contributed by atoms with Crippen molar-refractivity contribution >= 4 is 6.21 Å². The molecule has 0 fully saturated rings. The van der Waals surface area contributed by atoms with Crippen LogP contribution in [0.3, 0.4) is 0 Å². The molecular weight excluding hydrogens is 385 g/mol. The Morgan fingerprint density at radius 3 is 2.45 bits per heavy atom. The van der Waals surface area contributed by atoms with Crippen LogP contribution in [0.4, 0.5) is 13.2 Å². The van der Waals surface area contributed by atoms with Crippen molar-refractivity contribution < 1.29 is 22.6 Å². The monoisotopic (exact) mass is 404 g/mol. The molecule has 0 radical (unpaired) electrons. The second kappa shape index (κ2) is 8.34. The van der Waals surface area contributed by atoms with Crippen molar-refractivity contribution in [2.75, 3.05) is 7.11 Å². The predicted molar refractivity (Wildman–Crippen MR) is 101 cm³/mol. The summed E-state index contributed by atoms with van der Waals surface area (Å²) >= 11 is 0. The fraction of sp³-hybridized carbons (Fsp3) is 0.250. The molecule has 0 aliphatic rings. The summed E-state index contributed by atoms with van der Waals surface area (Å²) in [5.74, 6) is 1.99. The van der Waals surface area contributed by atoms with Gasteiger partial charge in [-0.25, -0.2) is 4.68 Å². The largest absolute Gasteiger partial charge is 0.496 e. The summed E-state index contributed by atoms with van der Waals surface area (Å²) in [6, 6.07) is 10.1. The molecule has 0 atom stereocenters. The quantitative estimate of drug-likeness (QED) is 0.572. The number of methoxy groups -OCH3 is 1. The number of hydrogen-bond donors (Lipinski definition) is 0. The van der Waals surface area contributed by atoms with E-state index in [0.717, 1.165) is 17.7 Å². The number of hydrogen-bond acceptors (Lipinski definition) is 5. The van der Waals surface area contributed by atoms with Crippen LogP contribution in [0.5, 0.6) is 11.5 Å². The summed E-state index contributed by atoms with van der Waals surface area (Å²) in [6.07, 6.45) is -2.79. The highest BCUT2D eigenvalue weighted by atomic mass is 19.4. The third-order valence-corrected chi connectivity index (χ3v) is 4.13. The summed E-state index contributed by atoms with van der Waals surface area (Å²) in [7, 11) is 1.51. The van der Waals surface area contributed by atoms with E-state index in [0.29, 0.717) is 23.0 Å². The number of alkyl halides is 3. The molecule has 0 saturated heterocycles. The Morgan fingerprint density at radius 1 is 1.07 bits per heavy atom. The lowest BCUT2D eigenvalue weighted by Crippen LogP contribution is -2.05. The summed E-state index contributed by atoms with van der Waals surface area (Å²) < 4.78 is 51.1. The Balaban J connectivity index is 1.79. The van der Waals surface area contributed by atoms with Crippen molar-refractivity contribution in [3.63, 3.8) is 0 Å². The fourth-order valence-corrected chi connectivity index (χ4v) is 2.67. The summed E-state index contributed by atoms with van der Waals surface area (Å²) in [5.41, 5.74) is 0.675. The first-order chi connectivity index (χ1) is 13.8. The third-order valence-electron chi connectivity index (χ3n) is 4.13. The van der Waals surface area contributed by atoms with Gasteiger partial charge in [-0.2, -0.15) is 18.3 Å². The third kappa shape index (κ3) is 4.92. The first kappa shape index (κ1) is 20.4. The first-order valence-electron chi connectivity index (χ1n) is 8.68. The van der Waals surface area contributed by atoms with Crippen LogP contribution in [0, 0.1) is 13.8 Å². The van der Waals surface area contributed by atoms with Crippen molar-refractivity contribution in [3.05, 3.63) is 70.8 Å². The fourth-order valence-electron chi connectivity index (χ4n) is 2.67. The van der Waals surface area contributed by atoms with Gasteiger partial charge < -0.3 is 9.47 Å². The standard InChI is InChI=1S/C20H19F3N4O2/c1-13-25-26-14(2)27(13)24-11-15-7-8-19(28-3)16(9-15)12-29-18-6-4-5-17(10-18)20(21,22)23/h4-11H,12H2,1-3H3/b24-11+. The zero-order valence-corrected chi connectivity index (χ0v) is 16.1. The molecule has 0 amide bonds. The van der Waals surface area contributed by atoms with Gasteiger partial charge in [-0.05, 0) is 55.8 Å². The van der Waals surface area contributed by atoms with E-state index < -0.39 is 11.7 Å². The van der Waals surface area contributed by atoms with E-state index in [4.69, 9.17) is 9.47 Å². The van der Waals surface area contributed by atoms with Crippen LogP contribution in [-0.4, -0.2) is 28.2 Å². The van der Waals surface area contributed by atoms with Crippen LogP contribution in [0.2, 0.25) is 0 Å². The maximum atomic E-state index is 12.9. The maximum absolute atomic E-state index is 12.9. The van der Waals surface area contributed by atoms with E-state index in [-0.39, 0.29) is 12.4 Å². The average molecular weight is 404 g/mol. The lowest BCUT2D eigenvalue weighted by molar-refractivity contribution is -0.137. The molecule has 1 heterocycles. The Bertz CT molecular complexity index is 1010. The average Bonchev–Trinajstić information content (AvgIpc) is 3.02. The van der Waals surface area contributed by atoms with Crippen LogP contribution >= 0.6 is 0 Å². The summed E-state index contributed by atoms with van der Waals surface area (Å²) in [5, 5.41) is 12.2. The topological polar surface area (TPSA) is 61.5 Å². The molecule has 0 saturated carbocycles. The molecule has 3 aromatic rings. The molecule has 152 valence electrons. The Hall–Kier alpha value is -3.36. The van der Waals surface area contributed by atoms with Crippen molar-refractivity contribution in [2.24, 2.45) is 5.10 Å². The minimum absolute atomic E-state index is 0.0385. The van der Waals surface area contributed by atoms with Crippen LogP contribution in [-0.2, 0) is 12.8 Å². The minimum atomic E-state index is -4.42. The predicted octanol–water partition coefficient (Wildman–Crippen LogP) is 4.38. The lowest BCUT2D eigenvalue weighted by Gasteiger charge is -2.13. The van der Waals surface area contributed by atoms with Crippen molar-refractivity contribution in [2.45, 2.75) is 26.6 Å². The van der Waals surface area contributed by atoms with Gasteiger partial charge in [0, 0.05) is 5.56 Å². The SMILES string of the molecule is COc1ccc(/C=N/n2c(C)nnc2C)cc1COc1cccc(C(F)(F)F)c1. The summed E-state index contributed by atoms with van der Waals surface area (Å²) in [4.78, 5) is 0. The molecule has 6 nitrogen and oxygen atoms in total. The zero-order valence-electron chi connectivity index (χ0n) is 16.1. The molecule has 0 aliphatic heterocycles. The van der Waals surface area contributed by atoms with Gasteiger partial charge in [0.25, 0.3) is 0 Å².